The number of carbonyl (C=O) groups is 2. The van der Waals surface area contributed by atoms with Gasteiger partial charge >= 0.3 is 6.03 Å². The van der Waals surface area contributed by atoms with Gasteiger partial charge < -0.3 is 20.3 Å². The van der Waals surface area contributed by atoms with Crippen molar-refractivity contribution >= 4 is 34.4 Å². The number of hydrogen-bond donors (Lipinski definition) is 3. The second-order valence-electron chi connectivity index (χ2n) is 10.7. The maximum absolute atomic E-state index is 14.3. The molecule has 1 saturated heterocycles. The number of aromatic amines is 1. The zero-order valence-electron chi connectivity index (χ0n) is 20.7. The van der Waals surface area contributed by atoms with E-state index in [-0.39, 0.29) is 22.7 Å². The van der Waals surface area contributed by atoms with E-state index in [1.54, 1.807) is 29.2 Å². The molecule has 37 heavy (non-hydrogen) atoms. The van der Waals surface area contributed by atoms with E-state index in [9.17, 15) is 19.1 Å². The molecule has 1 aromatic heterocycles. The summed E-state index contributed by atoms with van der Waals surface area (Å²) in [6, 6.07) is 9.60. The van der Waals surface area contributed by atoms with Crippen molar-refractivity contribution in [3.05, 3.63) is 64.1 Å². The maximum Gasteiger partial charge on any atom is 0.328 e. The number of amides is 3. The van der Waals surface area contributed by atoms with Gasteiger partial charge in [-0.2, -0.15) is 0 Å². The zero-order chi connectivity index (χ0) is 25.9. The molecular formula is C28H30ClFN4O3. The Bertz CT molecular complexity index is 1400. The van der Waals surface area contributed by atoms with Crippen molar-refractivity contribution in [1.82, 2.24) is 20.1 Å². The van der Waals surface area contributed by atoms with Crippen LogP contribution in [0.15, 0.2) is 36.4 Å². The quantitative estimate of drug-likeness (QED) is 0.298. The summed E-state index contributed by atoms with van der Waals surface area (Å²) in [6.45, 7) is 2.94. The highest BCUT2D eigenvalue weighted by Gasteiger charge is 2.59. The Morgan fingerprint density at radius 2 is 2.05 bits per heavy atom. The van der Waals surface area contributed by atoms with Crippen molar-refractivity contribution < 1.29 is 19.1 Å². The molecule has 3 N–H and O–H groups in total. The average Bonchev–Trinajstić information content (AvgIpc) is 3.25. The standard InChI is InChI=1S/C28H30ClFN4O3/c1-28-15-20-19-13-21(29)22(30)14-23(19)32-25(20)24(12-16-5-2-8-18(35)11-16)34(28)27(37)33(26(28)36)10-4-9-31-17-6-3-7-17/h2,5,8,11,13-14,17,24,31-32,35H,3-4,6-7,9-10,12,15H2,1H3/t24?,28-/m0/s1. The second-order valence-corrected chi connectivity index (χ2v) is 11.1. The number of urea groups is 1. The van der Waals surface area contributed by atoms with E-state index < -0.39 is 17.4 Å². The third kappa shape index (κ3) is 3.97. The molecule has 3 heterocycles. The van der Waals surface area contributed by atoms with Crippen LogP contribution in [-0.4, -0.2) is 56.5 Å². The summed E-state index contributed by atoms with van der Waals surface area (Å²) in [4.78, 5) is 34.0. The van der Waals surface area contributed by atoms with Crippen LogP contribution in [0.1, 0.15) is 55.5 Å². The van der Waals surface area contributed by atoms with Gasteiger partial charge in [0.2, 0.25) is 0 Å². The Kier molecular flexibility index (Phi) is 5.92. The summed E-state index contributed by atoms with van der Waals surface area (Å²) in [7, 11) is 0. The first-order valence-electron chi connectivity index (χ1n) is 12.9. The van der Waals surface area contributed by atoms with Crippen molar-refractivity contribution in [3.63, 3.8) is 0 Å². The van der Waals surface area contributed by atoms with Gasteiger partial charge in [-0.1, -0.05) is 30.2 Å². The van der Waals surface area contributed by atoms with E-state index in [2.05, 4.69) is 10.3 Å². The fourth-order valence-electron chi connectivity index (χ4n) is 6.13. The van der Waals surface area contributed by atoms with Gasteiger partial charge in [0, 0.05) is 35.6 Å². The molecule has 0 radical (unpaired) electrons. The van der Waals surface area contributed by atoms with Gasteiger partial charge in [-0.25, -0.2) is 9.18 Å². The molecule has 1 aliphatic carbocycles. The number of aromatic nitrogens is 1. The summed E-state index contributed by atoms with van der Waals surface area (Å²) in [5.41, 5.74) is 1.97. The number of rotatable bonds is 7. The Balaban J connectivity index is 1.37. The van der Waals surface area contributed by atoms with Gasteiger partial charge in [-0.15, -0.1) is 0 Å². The SMILES string of the molecule is C[C@@]12Cc3c([nH]c4cc(F)c(Cl)cc34)C(Cc3cccc(O)c3)N1C(=O)N(CCCNC1CCC1)C2=O. The highest BCUT2D eigenvalue weighted by Crippen LogP contribution is 2.48. The number of phenolic OH excluding ortho intramolecular Hbond substituents is 1. The van der Waals surface area contributed by atoms with Crippen molar-refractivity contribution in [2.24, 2.45) is 0 Å². The minimum atomic E-state index is -1.08. The van der Waals surface area contributed by atoms with E-state index in [1.807, 2.05) is 13.0 Å². The predicted octanol–water partition coefficient (Wildman–Crippen LogP) is 5.06. The lowest BCUT2D eigenvalue weighted by molar-refractivity contribution is -0.133. The topological polar surface area (TPSA) is 88.7 Å². The van der Waals surface area contributed by atoms with Crippen LogP contribution in [0.25, 0.3) is 10.9 Å². The summed E-state index contributed by atoms with van der Waals surface area (Å²) in [5, 5.41) is 14.3. The van der Waals surface area contributed by atoms with Crippen molar-refractivity contribution in [1.29, 1.82) is 0 Å². The van der Waals surface area contributed by atoms with E-state index in [4.69, 9.17) is 11.6 Å². The van der Waals surface area contributed by atoms with Gasteiger partial charge in [-0.3, -0.25) is 9.69 Å². The molecule has 3 amide bonds. The second kappa shape index (κ2) is 9.03. The first kappa shape index (κ1) is 24.2. The molecule has 2 aliphatic heterocycles. The van der Waals surface area contributed by atoms with Gasteiger partial charge in [0.05, 0.1) is 11.1 Å². The number of nitrogens with one attached hydrogen (secondary N) is 2. The van der Waals surface area contributed by atoms with E-state index in [0.29, 0.717) is 37.4 Å². The number of hydrogen-bond acceptors (Lipinski definition) is 4. The molecule has 1 saturated carbocycles. The zero-order valence-corrected chi connectivity index (χ0v) is 21.4. The lowest BCUT2D eigenvalue weighted by Gasteiger charge is -2.42. The van der Waals surface area contributed by atoms with E-state index >= 15 is 0 Å². The van der Waals surface area contributed by atoms with Crippen LogP contribution in [0, 0.1) is 5.82 Å². The molecule has 3 aromatic rings. The molecule has 7 nitrogen and oxygen atoms in total. The largest absolute Gasteiger partial charge is 0.508 e. The molecule has 0 spiro atoms. The number of nitrogens with zero attached hydrogens (tertiary/aromatic N) is 2. The molecule has 2 aromatic carbocycles. The monoisotopic (exact) mass is 524 g/mol. The fourth-order valence-corrected chi connectivity index (χ4v) is 6.29. The summed E-state index contributed by atoms with van der Waals surface area (Å²) in [6.07, 6.45) is 5.01. The number of carbonyl (C=O) groups excluding carboxylic acids is 2. The Labute approximate surface area is 219 Å². The fraction of sp³-hybridized carbons (Fsp3) is 0.429. The first-order valence-corrected chi connectivity index (χ1v) is 13.3. The third-order valence-corrected chi connectivity index (χ3v) is 8.55. The normalized spacial score (nSPS) is 23.5. The molecule has 3 aliphatic rings. The van der Waals surface area contributed by atoms with E-state index in [0.717, 1.165) is 28.8 Å². The first-order chi connectivity index (χ1) is 17.8. The van der Waals surface area contributed by atoms with Crippen LogP contribution in [0.4, 0.5) is 9.18 Å². The summed E-state index contributed by atoms with van der Waals surface area (Å²) in [5.74, 6) is -0.612. The lowest BCUT2D eigenvalue weighted by atomic mass is 9.81. The van der Waals surface area contributed by atoms with Crippen molar-refractivity contribution in [2.45, 2.75) is 63.1 Å². The third-order valence-electron chi connectivity index (χ3n) is 8.26. The summed E-state index contributed by atoms with van der Waals surface area (Å²) >= 11 is 6.14. The van der Waals surface area contributed by atoms with Crippen LogP contribution < -0.4 is 5.32 Å². The number of fused-ring (bicyclic) bond motifs is 4. The minimum Gasteiger partial charge on any atom is -0.508 e. The van der Waals surface area contributed by atoms with Crippen molar-refractivity contribution in [2.75, 3.05) is 13.1 Å². The molecule has 9 heteroatoms. The van der Waals surface area contributed by atoms with E-state index in [1.165, 1.54) is 30.2 Å². The Hall–Kier alpha value is -3.10. The number of imide groups is 1. The van der Waals surface area contributed by atoms with Crippen LogP contribution in [0.3, 0.4) is 0 Å². The van der Waals surface area contributed by atoms with Crippen LogP contribution in [-0.2, 0) is 17.6 Å². The molecule has 6 rings (SSSR count). The number of halogens is 2. The van der Waals surface area contributed by atoms with Gasteiger partial charge in [0.15, 0.2) is 0 Å². The Morgan fingerprint density at radius 1 is 1.24 bits per heavy atom. The maximum atomic E-state index is 14.3. The van der Waals surface area contributed by atoms with Crippen molar-refractivity contribution in [3.8, 4) is 5.75 Å². The van der Waals surface area contributed by atoms with Crippen LogP contribution in [0.5, 0.6) is 5.75 Å². The van der Waals surface area contributed by atoms with Gasteiger partial charge in [0.1, 0.15) is 17.1 Å². The van der Waals surface area contributed by atoms with Gasteiger partial charge in [0.25, 0.3) is 5.91 Å². The molecule has 2 atom stereocenters. The molecule has 194 valence electrons. The van der Waals surface area contributed by atoms with Crippen LogP contribution in [0.2, 0.25) is 5.02 Å². The van der Waals surface area contributed by atoms with Crippen LogP contribution >= 0.6 is 11.6 Å². The molecule has 1 unspecified atom stereocenters. The Morgan fingerprint density at radius 3 is 2.78 bits per heavy atom. The highest BCUT2D eigenvalue weighted by molar-refractivity contribution is 6.31. The number of H-pyrrole nitrogens is 1. The molecule has 2 fully saturated rings. The summed E-state index contributed by atoms with van der Waals surface area (Å²) < 4.78 is 14.3. The molecular weight excluding hydrogens is 495 g/mol. The smallest absolute Gasteiger partial charge is 0.328 e. The lowest BCUT2D eigenvalue weighted by Crippen LogP contribution is -2.53. The predicted molar refractivity (Wildman–Crippen MR) is 139 cm³/mol. The number of aromatic hydroxyl groups is 1. The highest BCUT2D eigenvalue weighted by atomic mass is 35.5. The minimum absolute atomic E-state index is 0.0147. The number of benzene rings is 2. The molecule has 0 bridgehead atoms. The van der Waals surface area contributed by atoms with Gasteiger partial charge in [-0.05, 0) is 74.5 Å². The number of phenols is 1. The average molecular weight is 525 g/mol.